The Hall–Kier alpha value is -0.380. The van der Waals surface area contributed by atoms with E-state index in [1.54, 1.807) is 0 Å². The van der Waals surface area contributed by atoms with Crippen molar-refractivity contribution in [1.82, 2.24) is 4.90 Å². The molecule has 78 valence electrons. The van der Waals surface area contributed by atoms with Crippen LogP contribution < -0.4 is 5.73 Å². The first-order valence-corrected chi connectivity index (χ1v) is 4.99. The van der Waals surface area contributed by atoms with E-state index in [9.17, 15) is 0 Å². The van der Waals surface area contributed by atoms with Crippen LogP contribution in [0.25, 0.3) is 0 Å². The van der Waals surface area contributed by atoms with Crippen molar-refractivity contribution in [2.45, 2.75) is 19.3 Å². The molecular formula is C10H22N2O. The van der Waals surface area contributed by atoms with Crippen molar-refractivity contribution in [2.75, 3.05) is 32.8 Å². The minimum absolute atomic E-state index is 0.227. The summed E-state index contributed by atoms with van der Waals surface area (Å²) in [7, 11) is 0. The third kappa shape index (κ3) is 7.96. The van der Waals surface area contributed by atoms with Gasteiger partial charge in [0.2, 0.25) is 0 Å². The minimum Gasteiger partial charge on any atom is -0.395 e. The number of aliphatic hydroxyl groups excluding tert-OH is 1. The molecular weight excluding hydrogens is 164 g/mol. The third-order valence-corrected chi connectivity index (χ3v) is 1.98. The van der Waals surface area contributed by atoms with Crippen LogP contribution in [0.5, 0.6) is 0 Å². The monoisotopic (exact) mass is 186 g/mol. The lowest BCUT2D eigenvalue weighted by atomic mass is 10.2. The van der Waals surface area contributed by atoms with Gasteiger partial charge in [-0.25, -0.2) is 0 Å². The van der Waals surface area contributed by atoms with E-state index in [0.29, 0.717) is 0 Å². The van der Waals surface area contributed by atoms with Gasteiger partial charge >= 0.3 is 0 Å². The molecule has 0 heterocycles. The van der Waals surface area contributed by atoms with Crippen molar-refractivity contribution >= 4 is 0 Å². The second-order valence-corrected chi connectivity index (χ2v) is 3.16. The highest BCUT2D eigenvalue weighted by Crippen LogP contribution is 1.97. The van der Waals surface area contributed by atoms with Gasteiger partial charge in [-0.2, -0.15) is 0 Å². The van der Waals surface area contributed by atoms with E-state index in [2.05, 4.69) is 11.5 Å². The third-order valence-electron chi connectivity index (χ3n) is 1.98. The predicted molar refractivity (Wildman–Crippen MR) is 56.6 cm³/mol. The Morgan fingerprint density at radius 2 is 2.00 bits per heavy atom. The molecule has 3 N–H and O–H groups in total. The summed E-state index contributed by atoms with van der Waals surface area (Å²) in [5.74, 6) is 0. The van der Waals surface area contributed by atoms with E-state index in [1.807, 2.05) is 6.08 Å². The van der Waals surface area contributed by atoms with Crippen molar-refractivity contribution in [3.05, 3.63) is 12.7 Å². The molecule has 0 aromatic carbocycles. The van der Waals surface area contributed by atoms with E-state index in [1.165, 1.54) is 6.42 Å². The summed E-state index contributed by atoms with van der Waals surface area (Å²) in [6.45, 7) is 7.33. The summed E-state index contributed by atoms with van der Waals surface area (Å²) >= 11 is 0. The summed E-state index contributed by atoms with van der Waals surface area (Å²) in [6.07, 6.45) is 5.31. The molecule has 3 nitrogen and oxygen atoms in total. The molecule has 3 heteroatoms. The van der Waals surface area contributed by atoms with Gasteiger partial charge in [0, 0.05) is 13.1 Å². The molecule has 0 saturated heterocycles. The van der Waals surface area contributed by atoms with Gasteiger partial charge in [0.05, 0.1) is 6.61 Å². The number of hydrogen-bond donors (Lipinski definition) is 2. The van der Waals surface area contributed by atoms with E-state index >= 15 is 0 Å². The van der Waals surface area contributed by atoms with Crippen LogP contribution in [0.4, 0.5) is 0 Å². The standard InChI is InChI=1S/C10H22N2O/c1-2-7-12(9-10-13)8-5-3-4-6-11/h2,13H,1,3-11H2. The zero-order valence-electron chi connectivity index (χ0n) is 8.41. The van der Waals surface area contributed by atoms with Gasteiger partial charge in [-0.15, -0.1) is 6.58 Å². The molecule has 0 bridgehead atoms. The molecule has 0 aliphatic carbocycles. The Balaban J connectivity index is 3.38. The second kappa shape index (κ2) is 9.71. The van der Waals surface area contributed by atoms with Gasteiger partial charge in [0.25, 0.3) is 0 Å². The van der Waals surface area contributed by atoms with E-state index in [4.69, 9.17) is 10.8 Å². The number of hydrogen-bond acceptors (Lipinski definition) is 3. The van der Waals surface area contributed by atoms with Crippen molar-refractivity contribution in [3.8, 4) is 0 Å². The fourth-order valence-corrected chi connectivity index (χ4v) is 1.27. The molecule has 13 heavy (non-hydrogen) atoms. The van der Waals surface area contributed by atoms with Gasteiger partial charge in [0.1, 0.15) is 0 Å². The molecule has 0 aromatic heterocycles. The Labute approximate surface area is 81.2 Å². The van der Waals surface area contributed by atoms with Gasteiger partial charge in [-0.3, -0.25) is 4.90 Å². The first kappa shape index (κ1) is 12.6. The van der Waals surface area contributed by atoms with Gasteiger partial charge in [-0.1, -0.05) is 12.5 Å². The highest BCUT2D eigenvalue weighted by atomic mass is 16.3. The normalized spacial score (nSPS) is 10.7. The molecule has 0 aromatic rings. The van der Waals surface area contributed by atoms with Gasteiger partial charge in [0.15, 0.2) is 0 Å². The first-order chi connectivity index (χ1) is 6.35. The Bertz CT molecular complexity index is 117. The summed E-state index contributed by atoms with van der Waals surface area (Å²) in [5.41, 5.74) is 5.39. The molecule has 0 unspecified atom stereocenters. The molecule has 0 atom stereocenters. The van der Waals surface area contributed by atoms with Crippen LogP contribution in [0.15, 0.2) is 12.7 Å². The number of nitrogens with zero attached hydrogens (tertiary/aromatic N) is 1. The largest absolute Gasteiger partial charge is 0.395 e. The SMILES string of the molecule is C=CCN(CCO)CCCCCN. The number of aliphatic hydroxyl groups is 1. The predicted octanol–water partition coefficient (Wildman–Crippen LogP) is 0.596. The fraction of sp³-hybridized carbons (Fsp3) is 0.800. The number of rotatable bonds is 9. The second-order valence-electron chi connectivity index (χ2n) is 3.16. The first-order valence-electron chi connectivity index (χ1n) is 4.99. The molecule has 0 saturated carbocycles. The molecule has 0 radical (unpaired) electrons. The lowest BCUT2D eigenvalue weighted by Gasteiger charge is -2.18. The lowest BCUT2D eigenvalue weighted by molar-refractivity contribution is 0.206. The van der Waals surface area contributed by atoms with Crippen molar-refractivity contribution in [2.24, 2.45) is 5.73 Å². The van der Waals surface area contributed by atoms with Crippen LogP contribution in [0, 0.1) is 0 Å². The quantitative estimate of drug-likeness (QED) is 0.409. The van der Waals surface area contributed by atoms with Crippen LogP contribution >= 0.6 is 0 Å². The fourth-order valence-electron chi connectivity index (χ4n) is 1.27. The molecule has 0 fully saturated rings. The average molecular weight is 186 g/mol. The maximum absolute atomic E-state index is 8.77. The maximum atomic E-state index is 8.77. The summed E-state index contributed by atoms with van der Waals surface area (Å²) in [6, 6.07) is 0. The topological polar surface area (TPSA) is 49.5 Å². The van der Waals surface area contributed by atoms with Crippen molar-refractivity contribution in [1.29, 1.82) is 0 Å². The highest BCUT2D eigenvalue weighted by molar-refractivity contribution is 4.73. The lowest BCUT2D eigenvalue weighted by Crippen LogP contribution is -2.28. The van der Waals surface area contributed by atoms with E-state index in [0.717, 1.165) is 39.0 Å². The van der Waals surface area contributed by atoms with Gasteiger partial charge in [-0.05, 0) is 25.9 Å². The van der Waals surface area contributed by atoms with Crippen LogP contribution in [0.1, 0.15) is 19.3 Å². The molecule has 0 spiro atoms. The molecule has 0 rings (SSSR count). The summed E-state index contributed by atoms with van der Waals surface area (Å²) in [4.78, 5) is 2.20. The Kier molecular flexibility index (Phi) is 9.42. The molecule has 0 aliphatic heterocycles. The van der Waals surface area contributed by atoms with Crippen LogP contribution in [0.2, 0.25) is 0 Å². The van der Waals surface area contributed by atoms with Crippen LogP contribution in [-0.2, 0) is 0 Å². The highest BCUT2D eigenvalue weighted by Gasteiger charge is 2.00. The maximum Gasteiger partial charge on any atom is 0.0558 e. The molecule has 0 aliphatic rings. The van der Waals surface area contributed by atoms with Crippen molar-refractivity contribution in [3.63, 3.8) is 0 Å². The zero-order chi connectivity index (χ0) is 9.94. The average Bonchev–Trinajstić information content (AvgIpc) is 2.13. The molecule has 0 amide bonds. The number of unbranched alkanes of at least 4 members (excludes halogenated alkanes) is 2. The Morgan fingerprint density at radius 3 is 2.54 bits per heavy atom. The number of nitrogens with two attached hydrogens (primary N) is 1. The zero-order valence-corrected chi connectivity index (χ0v) is 8.41. The minimum atomic E-state index is 0.227. The van der Waals surface area contributed by atoms with Crippen molar-refractivity contribution < 1.29 is 5.11 Å². The summed E-state index contributed by atoms with van der Waals surface area (Å²) in [5, 5.41) is 8.77. The van der Waals surface area contributed by atoms with Crippen LogP contribution in [-0.4, -0.2) is 42.8 Å². The van der Waals surface area contributed by atoms with Gasteiger partial charge < -0.3 is 10.8 Å². The smallest absolute Gasteiger partial charge is 0.0558 e. The van der Waals surface area contributed by atoms with Crippen LogP contribution in [0.3, 0.4) is 0 Å². The van der Waals surface area contributed by atoms with E-state index < -0.39 is 0 Å². The van der Waals surface area contributed by atoms with E-state index in [-0.39, 0.29) is 6.61 Å². The Morgan fingerprint density at radius 1 is 1.23 bits per heavy atom. The summed E-state index contributed by atoms with van der Waals surface area (Å²) < 4.78 is 0.